The summed E-state index contributed by atoms with van der Waals surface area (Å²) >= 11 is 8.37. The highest BCUT2D eigenvalue weighted by molar-refractivity contribution is 14.1. The van der Waals surface area contributed by atoms with E-state index < -0.39 is 0 Å². The largest absolute Gasteiger partial charge is 0.309 e. The zero-order valence-electron chi connectivity index (χ0n) is 10.8. The van der Waals surface area contributed by atoms with Crippen LogP contribution in [0.3, 0.4) is 0 Å². The van der Waals surface area contributed by atoms with Gasteiger partial charge in [0.2, 0.25) is 0 Å². The van der Waals surface area contributed by atoms with Gasteiger partial charge in [0.25, 0.3) is 0 Å². The van der Waals surface area contributed by atoms with Gasteiger partial charge in [-0.05, 0) is 49.0 Å². The lowest BCUT2D eigenvalue weighted by Gasteiger charge is -2.12. The molecule has 0 amide bonds. The van der Waals surface area contributed by atoms with E-state index in [-0.39, 0.29) is 0 Å². The molecule has 17 heavy (non-hydrogen) atoms. The molecule has 96 valence electrons. The maximum Gasteiger partial charge on any atom is 0.146 e. The molecule has 1 aromatic heterocycles. The van der Waals surface area contributed by atoms with Crippen LogP contribution < -0.4 is 0 Å². The highest BCUT2D eigenvalue weighted by Gasteiger charge is 2.12. The third-order valence-corrected chi connectivity index (χ3v) is 4.04. The van der Waals surface area contributed by atoms with Crippen LogP contribution in [0.25, 0.3) is 0 Å². The molecule has 0 aromatic carbocycles. The molecule has 3 nitrogen and oxygen atoms in total. The van der Waals surface area contributed by atoms with Gasteiger partial charge in [0.15, 0.2) is 0 Å². The first-order chi connectivity index (χ1) is 7.90. The van der Waals surface area contributed by atoms with Gasteiger partial charge in [-0.1, -0.05) is 25.4 Å². The summed E-state index contributed by atoms with van der Waals surface area (Å²) in [5, 5.41) is 0.588. The molecule has 0 N–H and O–H groups in total. The standard InChI is InChI=1S/C12H19ClIN3/c1-8(2)7-9-11(14)12(13)16-10(15-9)5-6-17(3)4/h8H,5-7H2,1-4H3. The molecular formula is C12H19ClIN3. The number of aromatic nitrogens is 2. The Morgan fingerprint density at radius 3 is 2.47 bits per heavy atom. The molecule has 1 aromatic rings. The third-order valence-electron chi connectivity index (χ3n) is 2.31. The van der Waals surface area contributed by atoms with Gasteiger partial charge in [-0.2, -0.15) is 0 Å². The minimum absolute atomic E-state index is 0.580. The van der Waals surface area contributed by atoms with E-state index in [1.807, 2.05) is 14.1 Å². The predicted octanol–water partition coefficient (Wildman–Crippen LogP) is 3.04. The molecule has 0 radical (unpaired) electrons. The number of nitrogens with zero attached hydrogens (tertiary/aromatic N) is 3. The molecular weight excluding hydrogens is 349 g/mol. The fourth-order valence-electron chi connectivity index (χ4n) is 1.47. The van der Waals surface area contributed by atoms with E-state index in [2.05, 4.69) is 51.3 Å². The average molecular weight is 368 g/mol. The molecule has 0 fully saturated rings. The van der Waals surface area contributed by atoms with E-state index in [1.165, 1.54) is 0 Å². The van der Waals surface area contributed by atoms with E-state index in [9.17, 15) is 0 Å². The van der Waals surface area contributed by atoms with Gasteiger partial charge in [-0.15, -0.1) is 0 Å². The fourth-order valence-corrected chi connectivity index (χ4v) is 2.14. The third kappa shape index (κ3) is 5.06. The Labute approximate surface area is 122 Å². The summed E-state index contributed by atoms with van der Waals surface area (Å²) in [6, 6.07) is 0. The summed E-state index contributed by atoms with van der Waals surface area (Å²) in [5.41, 5.74) is 1.08. The Bertz CT molecular complexity index is 380. The van der Waals surface area contributed by atoms with Gasteiger partial charge in [-0.25, -0.2) is 9.97 Å². The van der Waals surface area contributed by atoms with Crippen LogP contribution in [0.15, 0.2) is 0 Å². The summed E-state index contributed by atoms with van der Waals surface area (Å²) in [7, 11) is 4.09. The lowest BCUT2D eigenvalue weighted by Crippen LogP contribution is -2.17. The molecule has 0 saturated carbocycles. The maximum absolute atomic E-state index is 6.15. The zero-order valence-corrected chi connectivity index (χ0v) is 13.7. The van der Waals surface area contributed by atoms with E-state index in [1.54, 1.807) is 0 Å². The van der Waals surface area contributed by atoms with Crippen LogP contribution in [0, 0.1) is 9.49 Å². The quantitative estimate of drug-likeness (QED) is 0.592. The zero-order chi connectivity index (χ0) is 13.0. The average Bonchev–Trinajstić information content (AvgIpc) is 2.21. The van der Waals surface area contributed by atoms with Crippen molar-refractivity contribution in [1.82, 2.24) is 14.9 Å². The lowest BCUT2D eigenvalue weighted by atomic mass is 10.1. The van der Waals surface area contributed by atoms with Gasteiger partial charge in [0, 0.05) is 13.0 Å². The molecule has 1 heterocycles. The van der Waals surface area contributed by atoms with Crippen LogP contribution in [-0.2, 0) is 12.8 Å². The molecule has 0 aliphatic heterocycles. The highest BCUT2D eigenvalue weighted by atomic mass is 127. The molecule has 1 rings (SSSR count). The molecule has 0 spiro atoms. The molecule has 0 bridgehead atoms. The van der Waals surface area contributed by atoms with Crippen LogP contribution in [0.4, 0.5) is 0 Å². The summed E-state index contributed by atoms with van der Waals surface area (Å²) in [4.78, 5) is 11.1. The van der Waals surface area contributed by atoms with Crippen LogP contribution in [0.5, 0.6) is 0 Å². The summed E-state index contributed by atoms with van der Waals surface area (Å²) < 4.78 is 0.992. The topological polar surface area (TPSA) is 29.0 Å². The minimum Gasteiger partial charge on any atom is -0.309 e. The Morgan fingerprint density at radius 1 is 1.29 bits per heavy atom. The molecule has 0 atom stereocenters. The second-order valence-corrected chi connectivity index (χ2v) is 6.28. The van der Waals surface area contributed by atoms with E-state index in [4.69, 9.17) is 11.6 Å². The number of likely N-dealkylation sites (N-methyl/N-ethyl adjacent to an activating group) is 1. The van der Waals surface area contributed by atoms with Crippen molar-refractivity contribution >= 4 is 34.2 Å². The van der Waals surface area contributed by atoms with E-state index >= 15 is 0 Å². The van der Waals surface area contributed by atoms with Gasteiger partial charge in [-0.3, -0.25) is 0 Å². The second-order valence-electron chi connectivity index (χ2n) is 4.84. The van der Waals surface area contributed by atoms with Gasteiger partial charge in [0.1, 0.15) is 11.0 Å². The molecule has 0 aliphatic carbocycles. The van der Waals surface area contributed by atoms with Gasteiger partial charge < -0.3 is 4.90 Å². The van der Waals surface area contributed by atoms with E-state index in [0.29, 0.717) is 11.1 Å². The summed E-state index contributed by atoms with van der Waals surface area (Å²) in [6.07, 6.45) is 1.80. The van der Waals surface area contributed by atoms with Crippen molar-refractivity contribution in [3.05, 3.63) is 20.2 Å². The lowest BCUT2D eigenvalue weighted by molar-refractivity contribution is 0.409. The summed E-state index contributed by atoms with van der Waals surface area (Å²) in [5.74, 6) is 1.43. The van der Waals surface area contributed by atoms with Crippen molar-refractivity contribution in [3.8, 4) is 0 Å². The Hall–Kier alpha value is 0.0600. The first-order valence-electron chi connectivity index (χ1n) is 5.75. The Kier molecular flexibility index (Phi) is 6.09. The normalized spacial score (nSPS) is 11.5. The van der Waals surface area contributed by atoms with Crippen LogP contribution in [-0.4, -0.2) is 35.5 Å². The first kappa shape index (κ1) is 15.1. The minimum atomic E-state index is 0.580. The van der Waals surface area contributed by atoms with Crippen molar-refractivity contribution in [2.24, 2.45) is 5.92 Å². The van der Waals surface area contributed by atoms with E-state index in [0.717, 1.165) is 34.5 Å². The van der Waals surface area contributed by atoms with Gasteiger partial charge >= 0.3 is 0 Å². The molecule has 0 aliphatic rings. The van der Waals surface area contributed by atoms with Crippen molar-refractivity contribution in [3.63, 3.8) is 0 Å². The number of rotatable bonds is 5. The van der Waals surface area contributed by atoms with Crippen molar-refractivity contribution in [1.29, 1.82) is 0 Å². The Morgan fingerprint density at radius 2 is 1.94 bits per heavy atom. The first-order valence-corrected chi connectivity index (χ1v) is 7.21. The van der Waals surface area contributed by atoms with Crippen molar-refractivity contribution in [2.45, 2.75) is 26.7 Å². The second kappa shape index (κ2) is 6.85. The number of hydrogen-bond donors (Lipinski definition) is 0. The monoisotopic (exact) mass is 367 g/mol. The highest BCUT2D eigenvalue weighted by Crippen LogP contribution is 2.21. The van der Waals surface area contributed by atoms with Crippen molar-refractivity contribution in [2.75, 3.05) is 20.6 Å². The number of hydrogen-bond acceptors (Lipinski definition) is 3. The van der Waals surface area contributed by atoms with Gasteiger partial charge in [0.05, 0.1) is 9.26 Å². The van der Waals surface area contributed by atoms with Crippen LogP contribution in [0.2, 0.25) is 5.15 Å². The maximum atomic E-state index is 6.15. The number of halogens is 2. The van der Waals surface area contributed by atoms with Crippen LogP contribution in [0.1, 0.15) is 25.4 Å². The van der Waals surface area contributed by atoms with Crippen molar-refractivity contribution < 1.29 is 0 Å². The Balaban J connectivity index is 2.89. The molecule has 0 saturated heterocycles. The van der Waals surface area contributed by atoms with Crippen LogP contribution >= 0.6 is 34.2 Å². The molecule has 0 unspecified atom stereocenters. The fraction of sp³-hybridized carbons (Fsp3) is 0.667. The molecule has 5 heteroatoms. The predicted molar refractivity (Wildman–Crippen MR) is 80.6 cm³/mol. The SMILES string of the molecule is CC(C)Cc1nc(CCN(C)C)nc(Cl)c1I. The smallest absolute Gasteiger partial charge is 0.146 e. The summed E-state index contributed by atoms with van der Waals surface area (Å²) in [6.45, 7) is 5.31.